The van der Waals surface area contributed by atoms with E-state index in [9.17, 15) is 0 Å². The summed E-state index contributed by atoms with van der Waals surface area (Å²) >= 11 is 0. The number of rotatable bonds is 2. The molecule has 78 valence electrons. The van der Waals surface area contributed by atoms with Crippen LogP contribution in [0.25, 0.3) is 0 Å². The molecule has 0 radical (unpaired) electrons. The molecule has 1 saturated carbocycles. The second-order valence-corrected chi connectivity index (χ2v) is 6.05. The highest BCUT2D eigenvalue weighted by atomic mass is 14.9. The third-order valence-corrected chi connectivity index (χ3v) is 4.97. The fraction of sp³-hybridized carbons (Fsp3) is 0.846. The summed E-state index contributed by atoms with van der Waals surface area (Å²) in [5.41, 5.74) is 2.42. The van der Waals surface area contributed by atoms with Crippen LogP contribution in [0.3, 0.4) is 0 Å². The zero-order valence-electron chi connectivity index (χ0n) is 9.34. The van der Waals surface area contributed by atoms with Crippen LogP contribution in [0.5, 0.6) is 0 Å². The highest BCUT2D eigenvalue weighted by Crippen LogP contribution is 2.60. The summed E-state index contributed by atoms with van der Waals surface area (Å²) in [6.45, 7) is 7.46. The molecule has 1 N–H and O–H groups in total. The SMILES string of the molecule is CC1(C)C2CC=C(CC3CNC3)C1C2. The summed E-state index contributed by atoms with van der Waals surface area (Å²) in [4.78, 5) is 0. The van der Waals surface area contributed by atoms with E-state index in [1.807, 2.05) is 0 Å². The zero-order chi connectivity index (χ0) is 9.76. The Balaban J connectivity index is 1.71. The van der Waals surface area contributed by atoms with Gasteiger partial charge in [-0.2, -0.15) is 0 Å². The first-order valence-electron chi connectivity index (χ1n) is 6.07. The van der Waals surface area contributed by atoms with Crippen LogP contribution in [-0.4, -0.2) is 13.1 Å². The maximum absolute atomic E-state index is 3.37. The predicted octanol–water partition coefficient (Wildman–Crippen LogP) is 2.59. The Morgan fingerprint density at radius 2 is 2.21 bits per heavy atom. The van der Waals surface area contributed by atoms with Crippen molar-refractivity contribution in [1.82, 2.24) is 5.32 Å². The predicted molar refractivity (Wildman–Crippen MR) is 59.1 cm³/mol. The van der Waals surface area contributed by atoms with E-state index in [-0.39, 0.29) is 0 Å². The molecule has 0 aromatic carbocycles. The van der Waals surface area contributed by atoms with E-state index in [0.717, 1.165) is 17.8 Å². The Kier molecular flexibility index (Phi) is 1.82. The summed E-state index contributed by atoms with van der Waals surface area (Å²) < 4.78 is 0. The Bertz CT molecular complexity index is 273. The Hall–Kier alpha value is -0.300. The van der Waals surface area contributed by atoms with Crippen molar-refractivity contribution in [3.8, 4) is 0 Å². The van der Waals surface area contributed by atoms with Gasteiger partial charge in [-0.3, -0.25) is 0 Å². The van der Waals surface area contributed by atoms with Crippen LogP contribution in [0.1, 0.15) is 33.1 Å². The summed E-state index contributed by atoms with van der Waals surface area (Å²) in [5.74, 6) is 2.88. The molecule has 1 heterocycles. The molecule has 1 heteroatoms. The van der Waals surface area contributed by atoms with E-state index in [0.29, 0.717) is 5.41 Å². The summed E-state index contributed by atoms with van der Waals surface area (Å²) in [6, 6.07) is 0. The third-order valence-electron chi connectivity index (χ3n) is 4.97. The van der Waals surface area contributed by atoms with Gasteiger partial charge in [-0.1, -0.05) is 25.5 Å². The first-order valence-corrected chi connectivity index (χ1v) is 6.07. The molecule has 3 aliphatic carbocycles. The lowest BCUT2D eigenvalue weighted by Crippen LogP contribution is -2.50. The molecule has 1 aliphatic heterocycles. The highest BCUT2D eigenvalue weighted by Gasteiger charge is 2.51. The number of allylic oxidation sites excluding steroid dienone is 2. The molecule has 2 unspecified atom stereocenters. The minimum Gasteiger partial charge on any atom is -0.316 e. The Morgan fingerprint density at radius 1 is 1.43 bits per heavy atom. The van der Waals surface area contributed by atoms with Gasteiger partial charge in [0, 0.05) is 0 Å². The molecule has 2 atom stereocenters. The zero-order valence-corrected chi connectivity index (χ0v) is 9.34. The molecule has 0 spiro atoms. The molecule has 4 aliphatic rings. The van der Waals surface area contributed by atoms with Crippen molar-refractivity contribution >= 4 is 0 Å². The quantitative estimate of drug-likeness (QED) is 0.662. The van der Waals surface area contributed by atoms with Crippen molar-refractivity contribution in [3.05, 3.63) is 11.6 Å². The van der Waals surface area contributed by atoms with Crippen molar-refractivity contribution in [3.63, 3.8) is 0 Å². The van der Waals surface area contributed by atoms with Gasteiger partial charge >= 0.3 is 0 Å². The fourth-order valence-corrected chi connectivity index (χ4v) is 3.53. The third kappa shape index (κ3) is 1.11. The van der Waals surface area contributed by atoms with Crippen LogP contribution in [0.2, 0.25) is 0 Å². The summed E-state index contributed by atoms with van der Waals surface area (Å²) in [6.07, 6.45) is 6.79. The molecule has 1 saturated heterocycles. The van der Waals surface area contributed by atoms with Gasteiger partial charge in [-0.05, 0) is 55.5 Å². The normalized spacial score (nSPS) is 39.7. The standard InChI is InChI=1S/C13H21N/c1-13(2)11-4-3-10(12(13)6-11)5-9-7-14-8-9/h3,9,11-12,14H,4-8H2,1-2H3. The van der Waals surface area contributed by atoms with Gasteiger partial charge in [0.05, 0.1) is 0 Å². The first-order chi connectivity index (χ1) is 6.68. The van der Waals surface area contributed by atoms with E-state index >= 15 is 0 Å². The van der Waals surface area contributed by atoms with Gasteiger partial charge in [-0.15, -0.1) is 0 Å². The molecule has 0 aromatic rings. The lowest BCUT2D eigenvalue weighted by molar-refractivity contribution is -0.0103. The van der Waals surface area contributed by atoms with E-state index in [2.05, 4.69) is 25.2 Å². The van der Waals surface area contributed by atoms with Crippen LogP contribution in [0.4, 0.5) is 0 Å². The molecule has 1 nitrogen and oxygen atoms in total. The van der Waals surface area contributed by atoms with E-state index in [1.54, 1.807) is 5.57 Å². The van der Waals surface area contributed by atoms with Crippen molar-refractivity contribution < 1.29 is 0 Å². The van der Waals surface area contributed by atoms with Crippen LogP contribution in [-0.2, 0) is 0 Å². The van der Waals surface area contributed by atoms with E-state index in [4.69, 9.17) is 0 Å². The maximum atomic E-state index is 3.37. The molecule has 2 fully saturated rings. The van der Waals surface area contributed by atoms with Crippen LogP contribution in [0, 0.1) is 23.2 Å². The molecule has 14 heavy (non-hydrogen) atoms. The van der Waals surface area contributed by atoms with Gasteiger partial charge in [0.1, 0.15) is 0 Å². The minimum absolute atomic E-state index is 0.626. The van der Waals surface area contributed by atoms with Crippen molar-refractivity contribution in [2.75, 3.05) is 13.1 Å². The minimum atomic E-state index is 0.626. The second kappa shape index (κ2) is 2.85. The van der Waals surface area contributed by atoms with Crippen LogP contribution >= 0.6 is 0 Å². The molecule has 2 bridgehead atoms. The summed E-state index contributed by atoms with van der Waals surface area (Å²) in [7, 11) is 0. The Morgan fingerprint density at radius 3 is 2.71 bits per heavy atom. The number of fused-ring (bicyclic) bond motifs is 1. The molecule has 0 amide bonds. The van der Waals surface area contributed by atoms with E-state index in [1.165, 1.54) is 32.4 Å². The van der Waals surface area contributed by atoms with Gasteiger partial charge in [-0.25, -0.2) is 0 Å². The fourth-order valence-electron chi connectivity index (χ4n) is 3.53. The maximum Gasteiger partial charge on any atom is -0.000518 e. The van der Waals surface area contributed by atoms with Gasteiger partial charge < -0.3 is 5.32 Å². The molecule has 4 rings (SSSR count). The lowest BCUT2D eigenvalue weighted by atomic mass is 9.48. The first kappa shape index (κ1) is 8.96. The molecular weight excluding hydrogens is 170 g/mol. The smallest absolute Gasteiger partial charge is 0.000518 e. The van der Waals surface area contributed by atoms with Gasteiger partial charge in [0.2, 0.25) is 0 Å². The molecular formula is C13H21N. The monoisotopic (exact) mass is 191 g/mol. The number of nitrogens with one attached hydrogen (secondary N) is 1. The molecule has 0 aromatic heterocycles. The number of hydrogen-bond donors (Lipinski definition) is 1. The lowest BCUT2D eigenvalue weighted by Gasteiger charge is -2.57. The highest BCUT2D eigenvalue weighted by molar-refractivity contribution is 5.24. The second-order valence-electron chi connectivity index (χ2n) is 6.05. The van der Waals surface area contributed by atoms with Crippen molar-refractivity contribution in [2.24, 2.45) is 23.2 Å². The Labute approximate surface area is 87.0 Å². The van der Waals surface area contributed by atoms with E-state index < -0.39 is 0 Å². The van der Waals surface area contributed by atoms with Crippen LogP contribution < -0.4 is 5.32 Å². The average molecular weight is 191 g/mol. The van der Waals surface area contributed by atoms with Gasteiger partial charge in [0.15, 0.2) is 0 Å². The van der Waals surface area contributed by atoms with Crippen molar-refractivity contribution in [1.29, 1.82) is 0 Å². The van der Waals surface area contributed by atoms with Crippen molar-refractivity contribution in [2.45, 2.75) is 33.1 Å². The van der Waals surface area contributed by atoms with Crippen LogP contribution in [0.15, 0.2) is 11.6 Å². The largest absolute Gasteiger partial charge is 0.316 e. The number of hydrogen-bond acceptors (Lipinski definition) is 1. The topological polar surface area (TPSA) is 12.0 Å². The average Bonchev–Trinajstić information content (AvgIpc) is 2.11. The van der Waals surface area contributed by atoms with Gasteiger partial charge in [0.25, 0.3) is 0 Å². The summed E-state index contributed by atoms with van der Waals surface area (Å²) in [5, 5.41) is 3.37.